The molecule has 4 N–H and O–H groups in total. The molecule has 4 rings (SSSR count). The minimum Gasteiger partial charge on any atom is -0.494 e. The molecule has 33 heavy (non-hydrogen) atoms. The summed E-state index contributed by atoms with van der Waals surface area (Å²) >= 11 is 0. The monoisotopic (exact) mass is 455 g/mol. The first kappa shape index (κ1) is 22.7. The van der Waals surface area contributed by atoms with Gasteiger partial charge in [0.2, 0.25) is 0 Å². The molecule has 1 aliphatic rings. The molecule has 4 atom stereocenters. The Balaban J connectivity index is 1.46. The molecule has 0 unspecified atom stereocenters. The van der Waals surface area contributed by atoms with Crippen molar-refractivity contribution < 1.29 is 24.5 Å². The van der Waals surface area contributed by atoms with Crippen molar-refractivity contribution in [2.45, 2.75) is 37.8 Å². The molecule has 1 amide bonds. The third kappa shape index (κ3) is 4.68. The number of hydrogen-bond acceptors (Lipinski definition) is 7. The predicted molar refractivity (Wildman–Crippen MR) is 119 cm³/mol. The second-order valence-electron chi connectivity index (χ2n) is 7.78. The summed E-state index contributed by atoms with van der Waals surface area (Å²) in [6, 6.07) is 12.3. The highest BCUT2D eigenvalue weighted by Crippen LogP contribution is 2.19. The van der Waals surface area contributed by atoms with Crippen LogP contribution >= 0.6 is 0 Å². The number of aromatic amines is 1. The number of carbonyl (C=O) groups is 1. The zero-order valence-corrected chi connectivity index (χ0v) is 17.9. The van der Waals surface area contributed by atoms with Crippen molar-refractivity contribution in [3.05, 3.63) is 74.9 Å². The van der Waals surface area contributed by atoms with E-state index in [2.05, 4.69) is 10.3 Å². The number of hydrogen-bond donors (Lipinski definition) is 4. The van der Waals surface area contributed by atoms with Crippen LogP contribution in [0, 0.1) is 0 Å². The number of aromatic nitrogens is 2. The maximum atomic E-state index is 12.6. The van der Waals surface area contributed by atoms with E-state index >= 15 is 0 Å². The van der Waals surface area contributed by atoms with Gasteiger partial charge in [-0.15, -0.1) is 0 Å². The van der Waals surface area contributed by atoms with Gasteiger partial charge in [0, 0.05) is 5.56 Å². The quantitative estimate of drug-likeness (QED) is 0.410. The summed E-state index contributed by atoms with van der Waals surface area (Å²) in [6.45, 7) is 2.21. The highest BCUT2D eigenvalue weighted by atomic mass is 16.5. The molecule has 0 radical (unpaired) electrons. The van der Waals surface area contributed by atoms with Gasteiger partial charge in [0.1, 0.15) is 24.1 Å². The Bertz CT molecular complexity index is 1250. The Morgan fingerprint density at radius 3 is 2.61 bits per heavy atom. The Kier molecular flexibility index (Phi) is 6.59. The van der Waals surface area contributed by atoms with Gasteiger partial charge in [0.15, 0.2) is 0 Å². The van der Waals surface area contributed by atoms with Gasteiger partial charge in [-0.2, -0.15) is 0 Å². The van der Waals surface area contributed by atoms with Crippen molar-refractivity contribution in [1.29, 1.82) is 0 Å². The fourth-order valence-electron chi connectivity index (χ4n) is 3.89. The van der Waals surface area contributed by atoms with Crippen LogP contribution in [0.2, 0.25) is 0 Å². The van der Waals surface area contributed by atoms with E-state index < -0.39 is 41.5 Å². The summed E-state index contributed by atoms with van der Waals surface area (Å²) in [7, 11) is 0. The summed E-state index contributed by atoms with van der Waals surface area (Å²) in [6.07, 6.45) is -3.62. The number of fused-ring (bicyclic) bond motifs is 1. The highest BCUT2D eigenvalue weighted by molar-refractivity contribution is 5.94. The lowest BCUT2D eigenvalue weighted by Crippen LogP contribution is -2.60. The van der Waals surface area contributed by atoms with Crippen molar-refractivity contribution in [3.8, 4) is 5.75 Å². The molecule has 0 bridgehead atoms. The van der Waals surface area contributed by atoms with E-state index in [9.17, 15) is 24.6 Å². The molecular formula is C23H25N3O7. The lowest BCUT2D eigenvalue weighted by atomic mass is 9.97. The SMILES string of the molecule is CCOc1ccc(C(=O)N[C@@H]2CO[C@H](Cn3c(=O)[nH]c(=O)c4ccccc43)[C@@H](O)[C@H]2O)cc1. The van der Waals surface area contributed by atoms with Gasteiger partial charge in [-0.05, 0) is 43.3 Å². The number of aliphatic hydroxyl groups excluding tert-OH is 2. The third-order valence-corrected chi connectivity index (χ3v) is 5.64. The van der Waals surface area contributed by atoms with Gasteiger partial charge < -0.3 is 25.0 Å². The molecule has 174 valence electrons. The smallest absolute Gasteiger partial charge is 0.328 e. The van der Waals surface area contributed by atoms with Crippen molar-refractivity contribution in [2.75, 3.05) is 13.2 Å². The van der Waals surface area contributed by atoms with Crippen LogP contribution in [0.5, 0.6) is 5.75 Å². The Morgan fingerprint density at radius 1 is 1.15 bits per heavy atom. The largest absolute Gasteiger partial charge is 0.494 e. The number of para-hydroxylation sites is 1. The van der Waals surface area contributed by atoms with E-state index in [1.54, 1.807) is 48.5 Å². The van der Waals surface area contributed by atoms with Crippen LogP contribution in [0.4, 0.5) is 0 Å². The number of ether oxygens (including phenoxy) is 2. The molecule has 1 fully saturated rings. The van der Waals surface area contributed by atoms with Gasteiger partial charge >= 0.3 is 5.69 Å². The minimum absolute atomic E-state index is 0.0678. The third-order valence-electron chi connectivity index (χ3n) is 5.64. The van der Waals surface area contributed by atoms with Crippen LogP contribution in [0.3, 0.4) is 0 Å². The van der Waals surface area contributed by atoms with Crippen LogP contribution in [-0.4, -0.2) is 63.2 Å². The number of nitrogens with one attached hydrogen (secondary N) is 2. The van der Waals surface area contributed by atoms with E-state index in [1.807, 2.05) is 6.92 Å². The molecule has 0 aliphatic carbocycles. The number of H-pyrrole nitrogens is 1. The number of carbonyl (C=O) groups excluding carboxylic acids is 1. The number of benzene rings is 2. The predicted octanol–water partition coefficient (Wildman–Crippen LogP) is 0.00770. The van der Waals surface area contributed by atoms with Gasteiger partial charge in [0.05, 0.1) is 36.7 Å². The first-order valence-electron chi connectivity index (χ1n) is 10.6. The minimum atomic E-state index is -1.37. The maximum Gasteiger partial charge on any atom is 0.328 e. The van der Waals surface area contributed by atoms with Crippen LogP contribution < -0.4 is 21.3 Å². The van der Waals surface area contributed by atoms with E-state index in [0.717, 1.165) is 0 Å². The van der Waals surface area contributed by atoms with Crippen LogP contribution in [0.1, 0.15) is 17.3 Å². The molecule has 2 heterocycles. The second-order valence-corrected chi connectivity index (χ2v) is 7.78. The number of amides is 1. The number of rotatable bonds is 6. The molecule has 3 aromatic rings. The van der Waals surface area contributed by atoms with Crippen molar-refractivity contribution in [1.82, 2.24) is 14.9 Å². The summed E-state index contributed by atoms with van der Waals surface area (Å²) in [4.78, 5) is 39.2. The molecule has 1 aliphatic heterocycles. The first-order chi connectivity index (χ1) is 15.9. The molecule has 0 spiro atoms. The van der Waals surface area contributed by atoms with E-state index in [-0.39, 0.29) is 13.2 Å². The topological polar surface area (TPSA) is 143 Å². The first-order valence-corrected chi connectivity index (χ1v) is 10.6. The van der Waals surface area contributed by atoms with Gasteiger partial charge in [-0.25, -0.2) is 4.79 Å². The van der Waals surface area contributed by atoms with Crippen LogP contribution in [-0.2, 0) is 11.3 Å². The standard InChI is InChI=1S/C23H25N3O7/c1-2-32-14-9-7-13(8-10-14)21(29)24-16-12-33-18(20(28)19(16)27)11-26-17-6-4-3-5-15(17)22(30)25-23(26)31/h3-10,16,18-20,27-28H,2,11-12H2,1H3,(H,24,29)(H,25,30,31)/t16-,18-,19+,20-/m1/s1. The normalized spacial score (nSPS) is 22.8. The maximum absolute atomic E-state index is 12.6. The highest BCUT2D eigenvalue weighted by Gasteiger charge is 2.39. The molecule has 2 aromatic carbocycles. The van der Waals surface area contributed by atoms with Gasteiger partial charge in [0.25, 0.3) is 11.5 Å². The zero-order chi connectivity index (χ0) is 23.5. The molecule has 1 saturated heterocycles. The summed E-state index contributed by atoms with van der Waals surface area (Å²) in [5.74, 6) is 0.206. The van der Waals surface area contributed by atoms with Crippen LogP contribution in [0.15, 0.2) is 58.1 Å². The summed E-state index contributed by atoms with van der Waals surface area (Å²) < 4.78 is 12.3. The van der Waals surface area contributed by atoms with E-state index in [4.69, 9.17) is 9.47 Å². The van der Waals surface area contributed by atoms with Crippen LogP contribution in [0.25, 0.3) is 10.9 Å². The Morgan fingerprint density at radius 2 is 1.88 bits per heavy atom. The Labute approximate surface area is 188 Å². The lowest BCUT2D eigenvalue weighted by Gasteiger charge is -2.38. The fourth-order valence-corrected chi connectivity index (χ4v) is 3.89. The molecular weight excluding hydrogens is 430 g/mol. The molecule has 10 nitrogen and oxygen atoms in total. The molecule has 1 aromatic heterocycles. The molecule has 10 heteroatoms. The number of nitrogens with zero attached hydrogens (tertiary/aromatic N) is 1. The van der Waals surface area contributed by atoms with Crippen molar-refractivity contribution in [3.63, 3.8) is 0 Å². The summed E-state index contributed by atoms with van der Waals surface area (Å²) in [5, 5.41) is 24.2. The van der Waals surface area contributed by atoms with Gasteiger partial charge in [-0.1, -0.05) is 12.1 Å². The number of aliphatic hydroxyl groups is 2. The lowest BCUT2D eigenvalue weighted by molar-refractivity contribution is -0.152. The van der Waals surface area contributed by atoms with E-state index in [1.165, 1.54) is 4.57 Å². The second kappa shape index (κ2) is 9.57. The Hall–Kier alpha value is -3.47. The zero-order valence-electron chi connectivity index (χ0n) is 17.9. The van der Waals surface area contributed by atoms with Crippen molar-refractivity contribution in [2.24, 2.45) is 0 Å². The summed E-state index contributed by atoms with van der Waals surface area (Å²) in [5.41, 5.74) is -0.389. The van der Waals surface area contributed by atoms with E-state index in [0.29, 0.717) is 28.8 Å². The molecule has 0 saturated carbocycles. The average molecular weight is 455 g/mol. The van der Waals surface area contributed by atoms with Gasteiger partial charge in [-0.3, -0.25) is 19.1 Å². The average Bonchev–Trinajstić information content (AvgIpc) is 2.81. The fraction of sp³-hybridized carbons (Fsp3) is 0.348. The van der Waals surface area contributed by atoms with Crippen molar-refractivity contribution >= 4 is 16.8 Å².